The van der Waals surface area contributed by atoms with E-state index in [1.54, 1.807) is 13.0 Å². The van der Waals surface area contributed by atoms with Gasteiger partial charge in [-0.3, -0.25) is 0 Å². The topological polar surface area (TPSA) is 64.6 Å². The summed E-state index contributed by atoms with van der Waals surface area (Å²) in [5.74, 6) is 0.890. The van der Waals surface area contributed by atoms with Crippen LogP contribution in [0, 0.1) is 0 Å². The van der Waals surface area contributed by atoms with E-state index < -0.39 is 16.1 Å². The standard InChI is InChI=1S/C17H19BrClNO4S/c1-4-24-14-7-5-6-12(8-14)11(2)20-25(21,22)16-10-13(19)9-15(18)17(16)23-3/h5-11,20H,4H2,1-3H3. The van der Waals surface area contributed by atoms with E-state index in [0.29, 0.717) is 21.9 Å². The maximum absolute atomic E-state index is 12.8. The minimum Gasteiger partial charge on any atom is -0.494 e. The molecule has 0 saturated heterocycles. The van der Waals surface area contributed by atoms with Crippen molar-refractivity contribution in [1.29, 1.82) is 0 Å². The lowest BCUT2D eigenvalue weighted by molar-refractivity contribution is 0.339. The van der Waals surface area contributed by atoms with Crippen LogP contribution < -0.4 is 14.2 Å². The van der Waals surface area contributed by atoms with E-state index in [2.05, 4.69) is 20.7 Å². The van der Waals surface area contributed by atoms with Gasteiger partial charge in [-0.25, -0.2) is 13.1 Å². The molecule has 8 heteroatoms. The molecule has 0 aliphatic rings. The predicted molar refractivity (Wildman–Crippen MR) is 102 cm³/mol. The van der Waals surface area contributed by atoms with Gasteiger partial charge >= 0.3 is 0 Å². The molecular formula is C17H19BrClNO4S. The first-order valence-corrected chi connectivity index (χ1v) is 10.2. The minimum atomic E-state index is -3.85. The number of rotatable bonds is 7. The fraction of sp³-hybridized carbons (Fsp3) is 0.294. The lowest BCUT2D eigenvalue weighted by atomic mass is 10.1. The Labute approximate surface area is 161 Å². The first kappa shape index (κ1) is 20.0. The Morgan fingerprint density at radius 3 is 2.64 bits per heavy atom. The van der Waals surface area contributed by atoms with E-state index in [1.165, 1.54) is 13.2 Å². The molecule has 0 bridgehead atoms. The lowest BCUT2D eigenvalue weighted by Crippen LogP contribution is -2.27. The third-order valence-electron chi connectivity index (χ3n) is 3.47. The van der Waals surface area contributed by atoms with E-state index >= 15 is 0 Å². The van der Waals surface area contributed by atoms with Crippen LogP contribution in [0.15, 0.2) is 45.8 Å². The van der Waals surface area contributed by atoms with Crippen molar-refractivity contribution in [3.05, 3.63) is 51.5 Å². The Kier molecular flexibility index (Phi) is 6.73. The molecule has 0 fully saturated rings. The fourth-order valence-electron chi connectivity index (χ4n) is 2.34. The molecule has 0 radical (unpaired) electrons. The third kappa shape index (κ3) is 4.88. The fourth-order valence-corrected chi connectivity index (χ4v) is 4.96. The molecule has 2 aromatic rings. The Morgan fingerprint density at radius 1 is 1.28 bits per heavy atom. The summed E-state index contributed by atoms with van der Waals surface area (Å²) >= 11 is 9.27. The van der Waals surface area contributed by atoms with Gasteiger partial charge in [0.25, 0.3) is 0 Å². The predicted octanol–water partition coefficient (Wildman–Crippen LogP) is 4.55. The van der Waals surface area contributed by atoms with Gasteiger partial charge in [0.1, 0.15) is 10.6 Å². The van der Waals surface area contributed by atoms with Gasteiger partial charge in [-0.2, -0.15) is 0 Å². The van der Waals surface area contributed by atoms with Crippen molar-refractivity contribution in [3.8, 4) is 11.5 Å². The highest BCUT2D eigenvalue weighted by Gasteiger charge is 2.25. The van der Waals surface area contributed by atoms with Crippen molar-refractivity contribution in [1.82, 2.24) is 4.72 Å². The highest BCUT2D eigenvalue weighted by atomic mass is 79.9. The van der Waals surface area contributed by atoms with E-state index in [1.807, 2.05) is 31.2 Å². The quantitative estimate of drug-likeness (QED) is 0.675. The lowest BCUT2D eigenvalue weighted by Gasteiger charge is -2.18. The summed E-state index contributed by atoms with van der Waals surface area (Å²) in [6, 6.07) is 9.76. The summed E-state index contributed by atoms with van der Waals surface area (Å²) in [5, 5.41) is 0.291. The first-order chi connectivity index (χ1) is 11.8. The largest absolute Gasteiger partial charge is 0.494 e. The monoisotopic (exact) mass is 447 g/mol. The summed E-state index contributed by atoms with van der Waals surface area (Å²) in [5.41, 5.74) is 0.787. The van der Waals surface area contributed by atoms with Crippen molar-refractivity contribution in [2.24, 2.45) is 0 Å². The molecule has 0 aromatic heterocycles. The molecule has 2 rings (SSSR count). The van der Waals surface area contributed by atoms with Crippen LogP contribution in [0.25, 0.3) is 0 Å². The van der Waals surface area contributed by atoms with Crippen molar-refractivity contribution in [2.45, 2.75) is 24.8 Å². The Morgan fingerprint density at radius 2 is 2.00 bits per heavy atom. The van der Waals surface area contributed by atoms with Gasteiger partial charge in [0, 0.05) is 11.1 Å². The van der Waals surface area contributed by atoms with Crippen molar-refractivity contribution >= 4 is 37.6 Å². The van der Waals surface area contributed by atoms with Gasteiger partial charge < -0.3 is 9.47 Å². The maximum atomic E-state index is 12.8. The molecule has 0 saturated carbocycles. The van der Waals surface area contributed by atoms with Gasteiger partial charge in [-0.1, -0.05) is 23.7 Å². The van der Waals surface area contributed by atoms with Gasteiger partial charge in [0.05, 0.1) is 18.2 Å². The second-order valence-electron chi connectivity index (χ2n) is 5.27. The molecule has 25 heavy (non-hydrogen) atoms. The van der Waals surface area contributed by atoms with Crippen LogP contribution in [0.1, 0.15) is 25.5 Å². The zero-order valence-electron chi connectivity index (χ0n) is 14.0. The first-order valence-electron chi connectivity index (χ1n) is 7.56. The number of methoxy groups -OCH3 is 1. The number of halogens is 2. The Bertz CT molecular complexity index is 858. The van der Waals surface area contributed by atoms with Crippen LogP contribution in [-0.2, 0) is 10.0 Å². The highest BCUT2D eigenvalue weighted by Crippen LogP contribution is 2.36. The normalized spacial score (nSPS) is 12.7. The van der Waals surface area contributed by atoms with Gasteiger partial charge in [0.15, 0.2) is 5.75 Å². The number of sulfonamides is 1. The van der Waals surface area contributed by atoms with Crippen LogP contribution in [0.4, 0.5) is 0 Å². The molecule has 1 atom stereocenters. The van der Waals surface area contributed by atoms with Gasteiger partial charge in [-0.05, 0) is 59.6 Å². The molecule has 1 N–H and O–H groups in total. The van der Waals surface area contributed by atoms with E-state index in [-0.39, 0.29) is 10.6 Å². The van der Waals surface area contributed by atoms with Crippen LogP contribution in [-0.4, -0.2) is 22.1 Å². The summed E-state index contributed by atoms with van der Waals surface area (Å²) in [6.45, 7) is 4.19. The molecule has 0 heterocycles. The molecule has 0 aliphatic carbocycles. The second-order valence-corrected chi connectivity index (χ2v) is 8.24. The molecule has 0 aliphatic heterocycles. The summed E-state index contributed by atoms with van der Waals surface area (Å²) < 4.78 is 39.4. The van der Waals surface area contributed by atoms with Crippen molar-refractivity contribution in [3.63, 3.8) is 0 Å². The molecule has 0 amide bonds. The summed E-state index contributed by atoms with van der Waals surface area (Å²) in [6.07, 6.45) is 0. The van der Waals surface area contributed by atoms with Gasteiger partial charge in [-0.15, -0.1) is 0 Å². The number of ether oxygens (including phenoxy) is 2. The molecule has 136 valence electrons. The van der Waals surface area contributed by atoms with Crippen LogP contribution in [0.3, 0.4) is 0 Å². The smallest absolute Gasteiger partial charge is 0.244 e. The number of hydrogen-bond donors (Lipinski definition) is 1. The minimum absolute atomic E-state index is 0.0258. The summed E-state index contributed by atoms with van der Waals surface area (Å²) in [7, 11) is -2.45. The zero-order valence-corrected chi connectivity index (χ0v) is 17.2. The Hall–Kier alpha value is -1.28. The van der Waals surface area contributed by atoms with Crippen molar-refractivity contribution in [2.75, 3.05) is 13.7 Å². The Balaban J connectivity index is 2.34. The van der Waals surface area contributed by atoms with E-state index in [0.717, 1.165) is 5.56 Å². The molecule has 5 nitrogen and oxygen atoms in total. The zero-order chi connectivity index (χ0) is 18.6. The van der Waals surface area contributed by atoms with Crippen LogP contribution in [0.2, 0.25) is 5.02 Å². The molecule has 1 unspecified atom stereocenters. The number of benzene rings is 2. The maximum Gasteiger partial charge on any atom is 0.244 e. The number of nitrogens with one attached hydrogen (secondary N) is 1. The van der Waals surface area contributed by atoms with Crippen molar-refractivity contribution < 1.29 is 17.9 Å². The number of hydrogen-bond acceptors (Lipinski definition) is 4. The van der Waals surface area contributed by atoms with E-state index in [4.69, 9.17) is 21.1 Å². The average Bonchev–Trinajstić information content (AvgIpc) is 2.54. The van der Waals surface area contributed by atoms with Gasteiger partial charge in [0.2, 0.25) is 10.0 Å². The molecule has 2 aromatic carbocycles. The molecule has 0 spiro atoms. The summed E-state index contributed by atoms with van der Waals surface area (Å²) in [4.78, 5) is -0.0258. The SMILES string of the molecule is CCOc1cccc(C(C)NS(=O)(=O)c2cc(Cl)cc(Br)c2OC)c1. The third-order valence-corrected chi connectivity index (χ3v) is 5.82. The molecular weight excluding hydrogens is 430 g/mol. The second kappa shape index (κ2) is 8.40. The average molecular weight is 449 g/mol. The highest BCUT2D eigenvalue weighted by molar-refractivity contribution is 9.10. The van der Waals surface area contributed by atoms with E-state index in [9.17, 15) is 8.42 Å². The van der Waals surface area contributed by atoms with Crippen LogP contribution >= 0.6 is 27.5 Å². The van der Waals surface area contributed by atoms with Crippen LogP contribution in [0.5, 0.6) is 11.5 Å².